The number of carboxylic acids is 1. The number of rotatable bonds is 4. The molecular formula is C15H19BrO2S. The normalized spacial score (nSPS) is 23.3. The Morgan fingerprint density at radius 3 is 2.63 bits per heavy atom. The van der Waals surface area contributed by atoms with Crippen molar-refractivity contribution in [3.8, 4) is 0 Å². The van der Waals surface area contributed by atoms with Crippen molar-refractivity contribution >= 4 is 33.7 Å². The Hall–Kier alpha value is -0.480. The van der Waals surface area contributed by atoms with E-state index in [1.165, 1.54) is 32.1 Å². The van der Waals surface area contributed by atoms with Crippen molar-refractivity contribution in [2.24, 2.45) is 5.92 Å². The van der Waals surface area contributed by atoms with Gasteiger partial charge in [0.25, 0.3) is 0 Å². The molecule has 1 saturated carbocycles. The third-order valence-electron chi connectivity index (χ3n) is 3.84. The van der Waals surface area contributed by atoms with Crippen molar-refractivity contribution in [1.82, 2.24) is 0 Å². The smallest absolute Gasteiger partial charge is 0.336 e. The van der Waals surface area contributed by atoms with Gasteiger partial charge in [-0.2, -0.15) is 0 Å². The molecule has 0 atom stereocenters. The lowest BCUT2D eigenvalue weighted by Gasteiger charge is -2.27. The van der Waals surface area contributed by atoms with Crippen LogP contribution in [0, 0.1) is 5.92 Å². The molecule has 0 aliphatic heterocycles. The molecule has 0 heterocycles. The third-order valence-corrected chi connectivity index (χ3v) is 5.73. The molecule has 0 aromatic heterocycles. The van der Waals surface area contributed by atoms with Gasteiger partial charge in [0.2, 0.25) is 0 Å². The van der Waals surface area contributed by atoms with E-state index < -0.39 is 5.97 Å². The predicted octanol–water partition coefficient (Wildman–Crippen LogP) is 5.21. The first-order valence-electron chi connectivity index (χ1n) is 6.79. The first-order valence-corrected chi connectivity index (χ1v) is 8.47. The van der Waals surface area contributed by atoms with Crippen molar-refractivity contribution in [2.45, 2.75) is 49.2 Å². The van der Waals surface area contributed by atoms with Crippen LogP contribution in [-0.4, -0.2) is 16.3 Å². The molecule has 2 nitrogen and oxygen atoms in total. The van der Waals surface area contributed by atoms with E-state index in [9.17, 15) is 9.90 Å². The van der Waals surface area contributed by atoms with Crippen LogP contribution >= 0.6 is 27.7 Å². The summed E-state index contributed by atoms with van der Waals surface area (Å²) in [6.07, 6.45) is 6.24. The summed E-state index contributed by atoms with van der Waals surface area (Å²) < 4.78 is 0.947. The fourth-order valence-electron chi connectivity index (χ4n) is 2.61. The monoisotopic (exact) mass is 342 g/mol. The van der Waals surface area contributed by atoms with Crippen LogP contribution in [0.25, 0.3) is 0 Å². The topological polar surface area (TPSA) is 37.3 Å². The molecule has 4 heteroatoms. The van der Waals surface area contributed by atoms with Crippen molar-refractivity contribution in [3.05, 3.63) is 28.2 Å². The number of hydrogen-bond acceptors (Lipinski definition) is 2. The quantitative estimate of drug-likeness (QED) is 0.816. The molecule has 0 spiro atoms. The van der Waals surface area contributed by atoms with Crippen molar-refractivity contribution in [3.63, 3.8) is 0 Å². The van der Waals surface area contributed by atoms with Gasteiger partial charge in [0.1, 0.15) is 0 Å². The van der Waals surface area contributed by atoms with E-state index in [-0.39, 0.29) is 0 Å². The molecule has 1 fully saturated rings. The minimum atomic E-state index is -0.836. The lowest BCUT2D eigenvalue weighted by molar-refractivity contribution is 0.0693. The fraction of sp³-hybridized carbons (Fsp3) is 0.533. The molecular weight excluding hydrogens is 324 g/mol. The first-order chi connectivity index (χ1) is 9.10. The average Bonchev–Trinajstić information content (AvgIpc) is 2.39. The van der Waals surface area contributed by atoms with Crippen LogP contribution in [0.4, 0.5) is 0 Å². The molecule has 1 aromatic rings. The number of hydrogen-bond donors (Lipinski definition) is 1. The molecule has 0 saturated heterocycles. The Morgan fingerprint density at radius 2 is 2.05 bits per heavy atom. The Bertz CT molecular complexity index is 453. The van der Waals surface area contributed by atoms with Crippen molar-refractivity contribution < 1.29 is 9.90 Å². The van der Waals surface area contributed by atoms with Crippen LogP contribution in [0.5, 0.6) is 0 Å². The molecule has 1 N–H and O–H groups in total. The number of benzene rings is 1. The van der Waals surface area contributed by atoms with E-state index in [0.29, 0.717) is 10.8 Å². The number of thioether (sulfide) groups is 1. The Kier molecular flexibility index (Phi) is 5.34. The minimum absolute atomic E-state index is 0.422. The van der Waals surface area contributed by atoms with Gasteiger partial charge in [-0.05, 0) is 49.8 Å². The van der Waals surface area contributed by atoms with Gasteiger partial charge in [-0.15, -0.1) is 11.8 Å². The van der Waals surface area contributed by atoms with E-state index in [1.807, 2.05) is 6.07 Å². The standard InChI is InChI=1S/C15H19BrO2S/c1-2-10-3-6-12(7-4-10)19-14-9-11(16)5-8-13(14)15(17)18/h5,8-10,12H,2-4,6-7H2,1H3,(H,17,18). The number of aromatic carboxylic acids is 1. The van der Waals surface area contributed by atoms with Gasteiger partial charge in [-0.3, -0.25) is 0 Å². The maximum atomic E-state index is 11.2. The van der Waals surface area contributed by atoms with Gasteiger partial charge in [0.15, 0.2) is 0 Å². The summed E-state index contributed by atoms with van der Waals surface area (Å²) >= 11 is 5.16. The highest BCUT2D eigenvalue weighted by Crippen LogP contribution is 2.38. The molecule has 0 bridgehead atoms. The maximum Gasteiger partial charge on any atom is 0.336 e. The van der Waals surface area contributed by atoms with Crippen LogP contribution in [0.1, 0.15) is 49.4 Å². The zero-order valence-corrected chi connectivity index (χ0v) is 13.5. The Morgan fingerprint density at radius 1 is 1.37 bits per heavy atom. The maximum absolute atomic E-state index is 11.2. The summed E-state index contributed by atoms with van der Waals surface area (Å²) in [7, 11) is 0. The summed E-state index contributed by atoms with van der Waals surface area (Å²) in [5, 5.41) is 9.80. The molecule has 19 heavy (non-hydrogen) atoms. The second-order valence-corrected chi connectivity index (χ2v) is 7.37. The summed E-state index contributed by atoms with van der Waals surface area (Å²) in [6.45, 7) is 2.26. The van der Waals surface area contributed by atoms with Crippen LogP contribution in [-0.2, 0) is 0 Å². The first kappa shape index (κ1) is 14.9. The average molecular weight is 343 g/mol. The lowest BCUT2D eigenvalue weighted by atomic mass is 9.87. The highest BCUT2D eigenvalue weighted by Gasteiger charge is 2.22. The molecule has 104 valence electrons. The SMILES string of the molecule is CCC1CCC(Sc2cc(Br)ccc2C(=O)O)CC1. The zero-order valence-electron chi connectivity index (χ0n) is 11.1. The fourth-order valence-corrected chi connectivity index (χ4v) is 4.46. The van der Waals surface area contributed by atoms with Gasteiger partial charge >= 0.3 is 5.97 Å². The van der Waals surface area contributed by atoms with E-state index >= 15 is 0 Å². The summed E-state index contributed by atoms with van der Waals surface area (Å²) in [5.74, 6) is 0.0375. The largest absolute Gasteiger partial charge is 0.478 e. The highest BCUT2D eigenvalue weighted by atomic mass is 79.9. The third kappa shape index (κ3) is 3.99. The van der Waals surface area contributed by atoms with E-state index in [0.717, 1.165) is 15.3 Å². The summed E-state index contributed by atoms with van der Waals surface area (Å²) in [6, 6.07) is 5.41. The lowest BCUT2D eigenvalue weighted by Crippen LogP contribution is -2.16. The van der Waals surface area contributed by atoms with Crippen LogP contribution in [0.2, 0.25) is 0 Å². The van der Waals surface area contributed by atoms with Gasteiger partial charge in [0, 0.05) is 14.6 Å². The van der Waals surface area contributed by atoms with Gasteiger partial charge in [-0.25, -0.2) is 4.79 Å². The highest BCUT2D eigenvalue weighted by molar-refractivity contribution is 9.10. The molecule has 0 amide bonds. The summed E-state index contributed by atoms with van der Waals surface area (Å²) in [5.41, 5.74) is 0.422. The van der Waals surface area contributed by atoms with Crippen LogP contribution < -0.4 is 0 Å². The van der Waals surface area contributed by atoms with Crippen LogP contribution in [0.3, 0.4) is 0 Å². The van der Waals surface area contributed by atoms with Gasteiger partial charge in [0.05, 0.1) is 5.56 Å². The molecule has 0 unspecified atom stereocenters. The number of carboxylic acid groups (broad SMARTS) is 1. The minimum Gasteiger partial charge on any atom is -0.478 e. The number of halogens is 1. The molecule has 0 radical (unpaired) electrons. The number of carbonyl (C=O) groups is 1. The van der Waals surface area contributed by atoms with Crippen molar-refractivity contribution in [2.75, 3.05) is 0 Å². The molecule has 1 aliphatic rings. The van der Waals surface area contributed by atoms with E-state index in [2.05, 4.69) is 22.9 Å². The van der Waals surface area contributed by atoms with Gasteiger partial charge in [-0.1, -0.05) is 29.3 Å². The zero-order chi connectivity index (χ0) is 13.8. The van der Waals surface area contributed by atoms with Gasteiger partial charge < -0.3 is 5.11 Å². The van der Waals surface area contributed by atoms with E-state index in [4.69, 9.17) is 0 Å². The molecule has 2 rings (SSSR count). The second kappa shape index (κ2) is 6.80. The molecule has 1 aromatic carbocycles. The molecule has 1 aliphatic carbocycles. The Labute approximate surface area is 127 Å². The van der Waals surface area contributed by atoms with Crippen LogP contribution in [0.15, 0.2) is 27.6 Å². The summed E-state index contributed by atoms with van der Waals surface area (Å²) in [4.78, 5) is 12.1. The second-order valence-electron chi connectivity index (χ2n) is 5.11. The van der Waals surface area contributed by atoms with Crippen molar-refractivity contribution in [1.29, 1.82) is 0 Å². The Balaban J connectivity index is 2.06. The predicted molar refractivity (Wildman–Crippen MR) is 83.0 cm³/mol. The van der Waals surface area contributed by atoms with E-state index in [1.54, 1.807) is 23.9 Å².